The second kappa shape index (κ2) is 6.02. The van der Waals surface area contributed by atoms with Crippen LogP contribution in [0.4, 0.5) is 0 Å². The lowest BCUT2D eigenvalue weighted by atomic mass is 9.73. The second-order valence-corrected chi connectivity index (χ2v) is 6.19. The number of piperidine rings is 1. The van der Waals surface area contributed by atoms with Crippen LogP contribution in [0.15, 0.2) is 0 Å². The first kappa shape index (κ1) is 13.8. The second-order valence-electron chi connectivity index (χ2n) is 6.19. The summed E-state index contributed by atoms with van der Waals surface area (Å²) in [5.41, 5.74) is 5.20. The van der Waals surface area contributed by atoms with E-state index in [1.54, 1.807) is 0 Å². The highest BCUT2D eigenvalue weighted by atomic mass is 16.1. The lowest BCUT2D eigenvalue weighted by Crippen LogP contribution is -2.58. The Kier molecular flexibility index (Phi) is 4.62. The summed E-state index contributed by atoms with van der Waals surface area (Å²) in [6.07, 6.45) is 4.49. The molecular formula is C14H27N3O. The van der Waals surface area contributed by atoms with Gasteiger partial charge >= 0.3 is 0 Å². The summed E-state index contributed by atoms with van der Waals surface area (Å²) in [4.78, 5) is 13.4. The zero-order chi connectivity index (χ0) is 13.1. The lowest BCUT2D eigenvalue weighted by Gasteiger charge is -2.49. The van der Waals surface area contributed by atoms with Crippen molar-refractivity contribution in [1.29, 1.82) is 0 Å². The summed E-state index contributed by atoms with van der Waals surface area (Å²) in [5, 5.41) is 3.59. The molecule has 0 aromatic rings. The molecular weight excluding hydrogens is 226 g/mol. The Bertz CT molecular complexity index is 279. The topological polar surface area (TPSA) is 58.4 Å². The monoisotopic (exact) mass is 253 g/mol. The van der Waals surface area contributed by atoms with E-state index in [-0.39, 0.29) is 5.91 Å². The van der Waals surface area contributed by atoms with Gasteiger partial charge in [0.15, 0.2) is 0 Å². The van der Waals surface area contributed by atoms with Gasteiger partial charge in [0.2, 0.25) is 5.91 Å². The maximum atomic E-state index is 10.8. The van der Waals surface area contributed by atoms with Crippen LogP contribution in [0.3, 0.4) is 0 Å². The first-order valence-corrected chi connectivity index (χ1v) is 7.33. The van der Waals surface area contributed by atoms with Crippen LogP contribution in [-0.4, -0.2) is 42.5 Å². The molecule has 104 valence electrons. The van der Waals surface area contributed by atoms with Crippen molar-refractivity contribution in [3.05, 3.63) is 0 Å². The fourth-order valence-corrected chi connectivity index (χ4v) is 3.59. The quantitative estimate of drug-likeness (QED) is 0.767. The molecule has 2 aliphatic rings. The Morgan fingerprint density at radius 3 is 2.44 bits per heavy atom. The van der Waals surface area contributed by atoms with Gasteiger partial charge in [-0.25, -0.2) is 0 Å². The molecule has 1 saturated carbocycles. The van der Waals surface area contributed by atoms with Crippen LogP contribution in [0, 0.1) is 11.8 Å². The normalized spacial score (nSPS) is 32.7. The van der Waals surface area contributed by atoms with E-state index >= 15 is 0 Å². The number of nitrogens with one attached hydrogen (secondary N) is 1. The van der Waals surface area contributed by atoms with E-state index < -0.39 is 0 Å². The predicted molar refractivity (Wildman–Crippen MR) is 73.1 cm³/mol. The summed E-state index contributed by atoms with van der Waals surface area (Å²) in [6.45, 7) is 7.74. The largest absolute Gasteiger partial charge is 0.370 e. The van der Waals surface area contributed by atoms with Crippen LogP contribution in [0.5, 0.6) is 0 Å². The van der Waals surface area contributed by atoms with Gasteiger partial charge in [0.1, 0.15) is 0 Å². The van der Waals surface area contributed by atoms with E-state index in [1.165, 1.54) is 32.4 Å². The number of carbonyl (C=O) groups is 1. The molecule has 0 radical (unpaired) electrons. The molecule has 4 heteroatoms. The first-order chi connectivity index (χ1) is 8.58. The summed E-state index contributed by atoms with van der Waals surface area (Å²) >= 11 is 0. The number of amides is 1. The summed E-state index contributed by atoms with van der Waals surface area (Å²) in [7, 11) is 0. The number of fused-ring (bicyclic) bond motifs is 2. The highest BCUT2D eigenvalue weighted by Gasteiger charge is 2.39. The van der Waals surface area contributed by atoms with Crippen molar-refractivity contribution in [3.8, 4) is 0 Å². The molecule has 0 aromatic carbocycles. The molecule has 2 fully saturated rings. The minimum Gasteiger partial charge on any atom is -0.370 e. The molecule has 2 unspecified atom stereocenters. The number of hydrogen-bond donors (Lipinski definition) is 2. The Morgan fingerprint density at radius 1 is 1.33 bits per heavy atom. The standard InChI is InChI=1S/C14H27N3O/c1-10(2)17-8-11-4-3-5-12(9-17)14(11)16-7-6-13(15)18/h10-12,14,16H,3-9H2,1-2H3,(H2,15,18). The van der Waals surface area contributed by atoms with Gasteiger partial charge in [0, 0.05) is 38.1 Å². The van der Waals surface area contributed by atoms with Gasteiger partial charge in [-0.15, -0.1) is 0 Å². The van der Waals surface area contributed by atoms with E-state index in [2.05, 4.69) is 24.1 Å². The van der Waals surface area contributed by atoms with E-state index in [0.29, 0.717) is 18.5 Å². The zero-order valence-electron chi connectivity index (χ0n) is 11.7. The van der Waals surface area contributed by atoms with E-state index in [1.807, 2.05) is 0 Å². The molecule has 1 heterocycles. The van der Waals surface area contributed by atoms with Gasteiger partial charge in [-0.2, -0.15) is 0 Å². The van der Waals surface area contributed by atoms with Gasteiger partial charge in [-0.05, 0) is 38.5 Å². The number of carbonyl (C=O) groups excluding carboxylic acids is 1. The Balaban J connectivity index is 1.89. The van der Waals surface area contributed by atoms with E-state index in [0.717, 1.165) is 18.4 Å². The number of hydrogen-bond acceptors (Lipinski definition) is 3. The fraction of sp³-hybridized carbons (Fsp3) is 0.929. The summed E-state index contributed by atoms with van der Waals surface area (Å²) < 4.78 is 0. The molecule has 3 N–H and O–H groups in total. The SMILES string of the molecule is CC(C)N1CC2CCCC(C1)C2NCCC(N)=O. The maximum Gasteiger partial charge on any atom is 0.218 e. The smallest absolute Gasteiger partial charge is 0.218 e. The third kappa shape index (κ3) is 3.23. The summed E-state index contributed by atoms with van der Waals surface area (Å²) in [5.74, 6) is 1.31. The molecule has 0 spiro atoms. The van der Waals surface area contributed by atoms with Gasteiger partial charge in [0.25, 0.3) is 0 Å². The van der Waals surface area contributed by atoms with Crippen molar-refractivity contribution < 1.29 is 4.79 Å². The van der Waals surface area contributed by atoms with E-state index in [9.17, 15) is 4.79 Å². The van der Waals surface area contributed by atoms with Gasteiger partial charge in [0.05, 0.1) is 0 Å². The molecule has 2 bridgehead atoms. The molecule has 1 amide bonds. The van der Waals surface area contributed by atoms with Crippen molar-refractivity contribution in [3.63, 3.8) is 0 Å². The van der Waals surface area contributed by atoms with Crippen LogP contribution in [0.2, 0.25) is 0 Å². The van der Waals surface area contributed by atoms with E-state index in [4.69, 9.17) is 5.73 Å². The number of nitrogens with zero attached hydrogens (tertiary/aromatic N) is 1. The van der Waals surface area contributed by atoms with Crippen molar-refractivity contribution in [2.75, 3.05) is 19.6 Å². The molecule has 2 atom stereocenters. The molecule has 1 aliphatic carbocycles. The maximum absolute atomic E-state index is 10.8. The third-order valence-corrected chi connectivity index (χ3v) is 4.59. The van der Waals surface area contributed by atoms with Gasteiger partial charge in [-0.3, -0.25) is 4.79 Å². The Morgan fingerprint density at radius 2 is 1.94 bits per heavy atom. The van der Waals surface area contributed by atoms with Crippen molar-refractivity contribution >= 4 is 5.91 Å². The zero-order valence-corrected chi connectivity index (χ0v) is 11.7. The Labute approximate surface area is 110 Å². The van der Waals surface area contributed by atoms with Crippen molar-refractivity contribution in [1.82, 2.24) is 10.2 Å². The van der Waals surface area contributed by atoms with Crippen molar-refractivity contribution in [2.45, 2.75) is 51.6 Å². The molecule has 2 rings (SSSR count). The average molecular weight is 253 g/mol. The van der Waals surface area contributed by atoms with Crippen LogP contribution in [0.25, 0.3) is 0 Å². The molecule has 18 heavy (non-hydrogen) atoms. The van der Waals surface area contributed by atoms with Crippen LogP contribution >= 0.6 is 0 Å². The predicted octanol–water partition coefficient (Wildman–Crippen LogP) is 0.960. The van der Waals surface area contributed by atoms with Crippen LogP contribution in [0.1, 0.15) is 39.5 Å². The minimum absolute atomic E-state index is 0.202. The Hall–Kier alpha value is -0.610. The molecule has 1 saturated heterocycles. The fourth-order valence-electron chi connectivity index (χ4n) is 3.59. The number of likely N-dealkylation sites (tertiary alicyclic amines) is 1. The van der Waals surface area contributed by atoms with Crippen LogP contribution in [-0.2, 0) is 4.79 Å². The average Bonchev–Trinajstić information content (AvgIpc) is 2.27. The molecule has 1 aliphatic heterocycles. The summed E-state index contributed by atoms with van der Waals surface area (Å²) in [6, 6.07) is 1.26. The molecule has 0 aromatic heterocycles. The minimum atomic E-state index is -0.202. The highest BCUT2D eigenvalue weighted by Crippen LogP contribution is 2.35. The number of primary amides is 1. The van der Waals surface area contributed by atoms with Crippen molar-refractivity contribution in [2.24, 2.45) is 17.6 Å². The third-order valence-electron chi connectivity index (χ3n) is 4.59. The highest BCUT2D eigenvalue weighted by molar-refractivity contribution is 5.73. The molecule has 4 nitrogen and oxygen atoms in total. The lowest BCUT2D eigenvalue weighted by molar-refractivity contribution is -0.118. The first-order valence-electron chi connectivity index (χ1n) is 7.33. The van der Waals surface area contributed by atoms with Gasteiger partial charge < -0.3 is 16.0 Å². The van der Waals surface area contributed by atoms with Gasteiger partial charge in [-0.1, -0.05) is 6.42 Å². The number of rotatable bonds is 5. The number of nitrogens with two attached hydrogens (primary N) is 1. The van der Waals surface area contributed by atoms with Crippen LogP contribution < -0.4 is 11.1 Å².